The van der Waals surface area contributed by atoms with E-state index in [4.69, 9.17) is 4.52 Å². The van der Waals surface area contributed by atoms with Gasteiger partial charge in [-0.25, -0.2) is 22.7 Å². The zero-order valence-corrected chi connectivity index (χ0v) is 16.8. The first-order valence-corrected chi connectivity index (χ1v) is 10.5. The fraction of sp³-hybridized carbons (Fsp3) is 0.611. The van der Waals surface area contributed by atoms with Gasteiger partial charge in [0.15, 0.2) is 0 Å². The van der Waals surface area contributed by atoms with E-state index in [9.17, 15) is 8.42 Å². The number of hydrogen-bond donors (Lipinski definition) is 0. The van der Waals surface area contributed by atoms with E-state index in [1.54, 1.807) is 18.2 Å². The van der Waals surface area contributed by atoms with Crippen LogP contribution in [0.25, 0.3) is 11.3 Å². The Bertz CT molecular complexity index is 878. The highest BCUT2D eigenvalue weighted by atomic mass is 32.2. The number of rotatable bonds is 4. The largest absolute Gasteiger partial charge is 0.361 e. The van der Waals surface area contributed by atoms with Crippen LogP contribution in [0.3, 0.4) is 0 Å². The second kappa shape index (κ2) is 7.08. The maximum Gasteiger partial charge on any atom is 0.216 e. The third kappa shape index (κ3) is 3.53. The minimum Gasteiger partial charge on any atom is -0.361 e. The zero-order chi connectivity index (χ0) is 19.1. The summed E-state index contributed by atoms with van der Waals surface area (Å²) < 4.78 is 31.6. The number of sulfonamides is 1. The first-order chi connectivity index (χ1) is 12.2. The highest BCUT2D eigenvalue weighted by Gasteiger charge is 2.31. The minimum atomic E-state index is -3.19. The van der Waals surface area contributed by atoms with Crippen LogP contribution in [0.5, 0.6) is 0 Å². The number of aromatic nitrogens is 3. The predicted molar refractivity (Wildman–Crippen MR) is 99.3 cm³/mol. The van der Waals surface area contributed by atoms with Crippen LogP contribution >= 0.6 is 0 Å². The molecule has 0 amide bonds. The Kier molecular flexibility index (Phi) is 5.16. The molecule has 26 heavy (non-hydrogen) atoms. The van der Waals surface area contributed by atoms with Gasteiger partial charge < -0.3 is 4.52 Å². The molecule has 2 aromatic rings. The highest BCUT2D eigenvalue weighted by molar-refractivity contribution is 7.89. The van der Waals surface area contributed by atoms with Crippen molar-refractivity contribution in [2.24, 2.45) is 0 Å². The van der Waals surface area contributed by atoms with Crippen LogP contribution in [0.4, 0.5) is 0 Å². The molecule has 0 aromatic carbocycles. The van der Waals surface area contributed by atoms with E-state index in [2.05, 4.69) is 15.1 Å². The van der Waals surface area contributed by atoms with E-state index in [-0.39, 0.29) is 11.2 Å². The van der Waals surface area contributed by atoms with E-state index in [1.165, 1.54) is 0 Å². The smallest absolute Gasteiger partial charge is 0.216 e. The Morgan fingerprint density at radius 2 is 1.81 bits per heavy atom. The van der Waals surface area contributed by atoms with Gasteiger partial charge in [-0.15, -0.1) is 0 Å². The maximum absolute atomic E-state index is 12.4. The molecule has 0 atom stereocenters. The zero-order valence-electron chi connectivity index (χ0n) is 16.0. The third-order valence-electron chi connectivity index (χ3n) is 4.98. The van der Waals surface area contributed by atoms with Crippen molar-refractivity contribution in [3.05, 3.63) is 29.0 Å². The van der Waals surface area contributed by atoms with E-state index >= 15 is 0 Å². The first-order valence-electron chi connectivity index (χ1n) is 8.98. The summed E-state index contributed by atoms with van der Waals surface area (Å²) in [4.78, 5) is 9.17. The van der Waals surface area contributed by atoms with Crippen molar-refractivity contribution in [1.82, 2.24) is 19.4 Å². The molecular weight excluding hydrogens is 352 g/mol. The van der Waals surface area contributed by atoms with E-state index in [0.29, 0.717) is 18.9 Å². The fourth-order valence-corrected chi connectivity index (χ4v) is 4.80. The summed E-state index contributed by atoms with van der Waals surface area (Å²) in [6, 6.07) is 2.00. The van der Waals surface area contributed by atoms with Crippen molar-refractivity contribution < 1.29 is 12.9 Å². The molecule has 0 spiro atoms. The molecule has 1 saturated heterocycles. The highest BCUT2D eigenvalue weighted by Crippen LogP contribution is 2.32. The summed E-state index contributed by atoms with van der Waals surface area (Å²) >= 11 is 0. The topological polar surface area (TPSA) is 89.2 Å². The number of hydrogen-bond acceptors (Lipinski definition) is 6. The quantitative estimate of drug-likeness (QED) is 0.812. The second-order valence-electron chi connectivity index (χ2n) is 7.19. The van der Waals surface area contributed by atoms with Gasteiger partial charge in [0.25, 0.3) is 0 Å². The van der Waals surface area contributed by atoms with Crippen LogP contribution < -0.4 is 0 Å². The van der Waals surface area contributed by atoms with Gasteiger partial charge in [0.05, 0.1) is 22.2 Å². The van der Waals surface area contributed by atoms with Gasteiger partial charge in [0.2, 0.25) is 10.0 Å². The molecule has 2 aromatic heterocycles. The van der Waals surface area contributed by atoms with Gasteiger partial charge in [-0.3, -0.25) is 0 Å². The van der Waals surface area contributed by atoms with Crippen molar-refractivity contribution >= 4 is 10.0 Å². The lowest BCUT2D eigenvalue weighted by molar-refractivity contribution is 0.314. The molecule has 142 valence electrons. The van der Waals surface area contributed by atoms with Crippen LogP contribution in [-0.2, 0) is 10.0 Å². The Balaban J connectivity index is 1.84. The van der Waals surface area contributed by atoms with Gasteiger partial charge in [0.1, 0.15) is 11.6 Å². The normalized spacial score (nSPS) is 17.2. The van der Waals surface area contributed by atoms with E-state index in [0.717, 1.165) is 41.2 Å². The number of nitrogens with zero attached hydrogens (tertiary/aromatic N) is 4. The monoisotopic (exact) mass is 378 g/mol. The molecule has 1 fully saturated rings. The second-order valence-corrected chi connectivity index (χ2v) is 9.68. The van der Waals surface area contributed by atoms with Crippen molar-refractivity contribution in [2.45, 2.75) is 58.6 Å². The Hall–Kier alpha value is -1.80. The minimum absolute atomic E-state index is 0.231. The van der Waals surface area contributed by atoms with Crippen molar-refractivity contribution in [3.8, 4) is 11.3 Å². The molecular formula is C18H26N4O3S. The van der Waals surface area contributed by atoms with Gasteiger partial charge in [-0.1, -0.05) is 5.16 Å². The molecule has 0 unspecified atom stereocenters. The van der Waals surface area contributed by atoms with Crippen LogP contribution in [0.2, 0.25) is 0 Å². The van der Waals surface area contributed by atoms with Crippen LogP contribution in [0, 0.1) is 20.8 Å². The maximum atomic E-state index is 12.4. The van der Waals surface area contributed by atoms with E-state index in [1.807, 2.05) is 26.8 Å². The first kappa shape index (κ1) is 19.0. The number of piperidine rings is 1. The summed E-state index contributed by atoms with van der Waals surface area (Å²) in [6.07, 6.45) is 1.53. The molecule has 3 rings (SSSR count). The van der Waals surface area contributed by atoms with Crippen LogP contribution in [0.1, 0.15) is 55.6 Å². The lowest BCUT2D eigenvalue weighted by Crippen LogP contribution is -2.41. The molecule has 7 nitrogen and oxygen atoms in total. The summed E-state index contributed by atoms with van der Waals surface area (Å²) in [7, 11) is -3.19. The molecule has 0 saturated carbocycles. The van der Waals surface area contributed by atoms with Crippen LogP contribution in [0.15, 0.2) is 10.6 Å². The number of aryl methyl sites for hydroxylation is 3. The van der Waals surface area contributed by atoms with Crippen molar-refractivity contribution in [3.63, 3.8) is 0 Å². The van der Waals surface area contributed by atoms with Crippen molar-refractivity contribution in [1.29, 1.82) is 0 Å². The Morgan fingerprint density at radius 1 is 1.15 bits per heavy atom. The molecule has 0 radical (unpaired) electrons. The molecule has 3 heterocycles. The Labute approximate surface area is 154 Å². The van der Waals surface area contributed by atoms with Gasteiger partial charge >= 0.3 is 0 Å². The SMILES string of the molecule is Cc1nc(-c2c(C)noc2C)cc(C2CCN(S(=O)(=O)C(C)C)CC2)n1. The lowest BCUT2D eigenvalue weighted by atomic mass is 9.93. The Morgan fingerprint density at radius 3 is 2.35 bits per heavy atom. The molecule has 0 bridgehead atoms. The lowest BCUT2D eigenvalue weighted by Gasteiger charge is -2.32. The fourth-order valence-electron chi connectivity index (χ4n) is 3.48. The predicted octanol–water partition coefficient (Wildman–Crippen LogP) is 2.97. The molecule has 0 aliphatic carbocycles. The average molecular weight is 378 g/mol. The van der Waals surface area contributed by atoms with Crippen LogP contribution in [-0.4, -0.2) is 46.2 Å². The van der Waals surface area contributed by atoms with Gasteiger partial charge in [-0.2, -0.15) is 0 Å². The average Bonchev–Trinajstić information content (AvgIpc) is 2.93. The molecule has 8 heteroatoms. The molecule has 1 aliphatic rings. The standard InChI is InChI=1S/C18H26N4O3S/c1-11(2)26(23,24)22-8-6-15(7-9-22)16-10-17(20-14(5)19-16)18-12(3)21-25-13(18)4/h10-11,15H,6-9H2,1-5H3. The summed E-state index contributed by atoms with van der Waals surface area (Å²) in [5.74, 6) is 1.67. The van der Waals surface area contributed by atoms with Gasteiger partial charge in [-0.05, 0) is 53.5 Å². The summed E-state index contributed by atoms with van der Waals surface area (Å²) in [6.45, 7) is 10.2. The summed E-state index contributed by atoms with van der Waals surface area (Å²) in [5.41, 5.74) is 3.51. The molecule has 0 N–H and O–H groups in total. The van der Waals surface area contributed by atoms with E-state index < -0.39 is 10.0 Å². The molecule has 1 aliphatic heterocycles. The third-order valence-corrected chi connectivity index (χ3v) is 7.25. The van der Waals surface area contributed by atoms with Crippen molar-refractivity contribution in [2.75, 3.05) is 13.1 Å². The summed E-state index contributed by atoms with van der Waals surface area (Å²) in [5, 5.41) is 3.63. The van der Waals surface area contributed by atoms with Gasteiger partial charge in [0, 0.05) is 24.7 Å².